The van der Waals surface area contributed by atoms with E-state index in [1.165, 1.54) is 5.56 Å². The zero-order chi connectivity index (χ0) is 13.7. The first-order chi connectivity index (χ1) is 9.31. The molecule has 5 heteroatoms. The van der Waals surface area contributed by atoms with Gasteiger partial charge in [0.15, 0.2) is 5.75 Å². The van der Waals surface area contributed by atoms with Gasteiger partial charge in [-0.05, 0) is 35.4 Å². The topological polar surface area (TPSA) is 39.1 Å². The zero-order valence-corrected chi connectivity index (χ0v) is 12.5. The van der Waals surface area contributed by atoms with Gasteiger partial charge in [0, 0.05) is 6.54 Å². The number of ether oxygens (including phenoxy) is 1. The molecule has 0 aliphatic heterocycles. The van der Waals surface area contributed by atoms with Crippen LogP contribution in [0.15, 0.2) is 23.0 Å². The quantitative estimate of drug-likeness (QED) is 0.846. The van der Waals surface area contributed by atoms with Crippen LogP contribution in [0.5, 0.6) is 5.75 Å². The molecule has 0 amide bonds. The van der Waals surface area contributed by atoms with E-state index in [1.807, 2.05) is 10.9 Å². The van der Waals surface area contributed by atoms with Crippen molar-refractivity contribution in [3.63, 3.8) is 0 Å². The number of methoxy groups -OCH3 is 1. The van der Waals surface area contributed by atoms with Gasteiger partial charge in [-0.25, -0.2) is 0 Å². The van der Waals surface area contributed by atoms with E-state index in [0.29, 0.717) is 0 Å². The molecule has 1 atom stereocenters. The Morgan fingerprint density at radius 3 is 2.89 bits per heavy atom. The van der Waals surface area contributed by atoms with Crippen LogP contribution in [0, 0.1) is 0 Å². The molecule has 0 spiro atoms. The maximum Gasteiger partial charge on any atom is 0.161 e. The van der Waals surface area contributed by atoms with Crippen molar-refractivity contribution in [1.82, 2.24) is 15.1 Å². The van der Waals surface area contributed by atoms with E-state index in [9.17, 15) is 0 Å². The zero-order valence-electron chi connectivity index (χ0n) is 11.7. The van der Waals surface area contributed by atoms with Crippen LogP contribution < -0.4 is 10.1 Å². The molecule has 2 aromatic heterocycles. The Hall–Kier alpha value is -1.33. The highest BCUT2D eigenvalue weighted by Gasteiger charge is 2.22. The smallest absolute Gasteiger partial charge is 0.161 e. The summed E-state index contributed by atoms with van der Waals surface area (Å²) in [7, 11) is 1.70. The van der Waals surface area contributed by atoms with E-state index < -0.39 is 0 Å². The van der Waals surface area contributed by atoms with Gasteiger partial charge < -0.3 is 10.1 Å². The summed E-state index contributed by atoms with van der Waals surface area (Å²) in [6.07, 6.45) is 2.86. The normalized spacial score (nSPS) is 12.6. The minimum Gasteiger partial charge on any atom is -0.493 e. The van der Waals surface area contributed by atoms with Crippen molar-refractivity contribution in [3.05, 3.63) is 34.3 Å². The number of aromatic nitrogens is 2. The number of nitrogens with one attached hydrogen (secondary N) is 1. The summed E-state index contributed by atoms with van der Waals surface area (Å²) in [4.78, 5) is 0. The lowest BCUT2D eigenvalue weighted by Gasteiger charge is -2.19. The molecular weight excluding hydrogens is 258 g/mol. The SMILES string of the molecule is CCCn1ncc(OC)c1C(NCC)c1ccsc1. The molecule has 104 valence electrons. The molecule has 0 aromatic carbocycles. The average molecular weight is 279 g/mol. The van der Waals surface area contributed by atoms with Crippen molar-refractivity contribution in [2.45, 2.75) is 32.9 Å². The first-order valence-corrected chi connectivity index (χ1v) is 7.61. The maximum atomic E-state index is 5.48. The van der Waals surface area contributed by atoms with Crippen molar-refractivity contribution < 1.29 is 4.74 Å². The summed E-state index contributed by atoms with van der Waals surface area (Å²) in [5, 5.41) is 12.3. The third-order valence-corrected chi connectivity index (χ3v) is 3.76. The second-order valence-corrected chi connectivity index (χ2v) is 5.15. The summed E-state index contributed by atoms with van der Waals surface area (Å²) in [5.74, 6) is 0.852. The van der Waals surface area contributed by atoms with Gasteiger partial charge in [0.25, 0.3) is 0 Å². The van der Waals surface area contributed by atoms with Crippen LogP contribution in [0.1, 0.15) is 37.6 Å². The van der Waals surface area contributed by atoms with Crippen LogP contribution in [-0.4, -0.2) is 23.4 Å². The van der Waals surface area contributed by atoms with E-state index in [2.05, 4.69) is 41.1 Å². The average Bonchev–Trinajstić information content (AvgIpc) is 3.06. The molecule has 2 rings (SSSR count). The fourth-order valence-electron chi connectivity index (χ4n) is 2.23. The fraction of sp³-hybridized carbons (Fsp3) is 0.500. The summed E-state index contributed by atoms with van der Waals surface area (Å²) in [6.45, 7) is 6.09. The highest BCUT2D eigenvalue weighted by Crippen LogP contribution is 2.31. The van der Waals surface area contributed by atoms with Crippen molar-refractivity contribution in [2.75, 3.05) is 13.7 Å². The standard InChI is InChI=1S/C14H21N3OS/c1-4-7-17-14(12(18-3)9-16-17)13(15-5-2)11-6-8-19-10-11/h6,8-10,13,15H,4-5,7H2,1-3H3. The molecule has 4 nitrogen and oxygen atoms in total. The van der Waals surface area contributed by atoms with Gasteiger partial charge in [0.1, 0.15) is 5.69 Å². The lowest BCUT2D eigenvalue weighted by Crippen LogP contribution is -2.25. The van der Waals surface area contributed by atoms with E-state index in [4.69, 9.17) is 4.74 Å². The molecule has 19 heavy (non-hydrogen) atoms. The van der Waals surface area contributed by atoms with Crippen LogP contribution in [0.25, 0.3) is 0 Å². The highest BCUT2D eigenvalue weighted by atomic mass is 32.1. The number of hydrogen-bond donors (Lipinski definition) is 1. The molecule has 0 saturated heterocycles. The van der Waals surface area contributed by atoms with Crippen molar-refractivity contribution in [3.8, 4) is 5.75 Å². The Labute approximate surface area is 118 Å². The minimum absolute atomic E-state index is 0.139. The van der Waals surface area contributed by atoms with Crippen molar-refractivity contribution >= 4 is 11.3 Å². The number of hydrogen-bond acceptors (Lipinski definition) is 4. The molecule has 0 aliphatic carbocycles. The molecule has 0 radical (unpaired) electrons. The Kier molecular flexibility index (Phi) is 4.99. The Balaban J connectivity index is 2.42. The Morgan fingerprint density at radius 2 is 2.32 bits per heavy atom. The van der Waals surface area contributed by atoms with Crippen LogP contribution in [0.4, 0.5) is 0 Å². The first-order valence-electron chi connectivity index (χ1n) is 6.66. The second kappa shape index (κ2) is 6.73. The molecule has 2 aromatic rings. The summed E-state index contributed by atoms with van der Waals surface area (Å²) >= 11 is 1.71. The summed E-state index contributed by atoms with van der Waals surface area (Å²) in [5.41, 5.74) is 2.38. The second-order valence-electron chi connectivity index (χ2n) is 4.37. The monoisotopic (exact) mass is 279 g/mol. The van der Waals surface area contributed by atoms with Crippen LogP contribution >= 0.6 is 11.3 Å². The lowest BCUT2D eigenvalue weighted by molar-refractivity contribution is 0.398. The predicted octanol–water partition coefficient (Wildman–Crippen LogP) is 3.06. The Bertz CT molecular complexity index is 493. The minimum atomic E-state index is 0.139. The van der Waals surface area contributed by atoms with Crippen LogP contribution in [0.3, 0.4) is 0 Å². The van der Waals surface area contributed by atoms with E-state index in [0.717, 1.165) is 31.0 Å². The van der Waals surface area contributed by atoms with Gasteiger partial charge in [-0.3, -0.25) is 4.68 Å². The molecular formula is C14H21N3OS. The van der Waals surface area contributed by atoms with Gasteiger partial charge in [0.05, 0.1) is 19.3 Å². The molecule has 2 heterocycles. The van der Waals surface area contributed by atoms with Crippen LogP contribution in [0.2, 0.25) is 0 Å². The molecule has 0 aliphatic rings. The van der Waals surface area contributed by atoms with Gasteiger partial charge in [-0.15, -0.1) is 0 Å². The number of rotatable bonds is 7. The lowest BCUT2D eigenvalue weighted by atomic mass is 10.1. The van der Waals surface area contributed by atoms with Crippen molar-refractivity contribution in [2.24, 2.45) is 0 Å². The molecule has 0 fully saturated rings. The molecule has 0 bridgehead atoms. The first kappa shape index (κ1) is 14.1. The summed E-state index contributed by atoms with van der Waals surface area (Å²) in [6, 6.07) is 2.29. The maximum absolute atomic E-state index is 5.48. The molecule has 1 N–H and O–H groups in total. The van der Waals surface area contributed by atoms with Gasteiger partial charge in [-0.2, -0.15) is 16.4 Å². The number of aryl methyl sites for hydroxylation is 1. The van der Waals surface area contributed by atoms with Gasteiger partial charge in [0.2, 0.25) is 0 Å². The highest BCUT2D eigenvalue weighted by molar-refractivity contribution is 7.08. The largest absolute Gasteiger partial charge is 0.493 e. The summed E-state index contributed by atoms with van der Waals surface area (Å²) < 4.78 is 7.52. The van der Waals surface area contributed by atoms with E-state index in [-0.39, 0.29) is 6.04 Å². The van der Waals surface area contributed by atoms with E-state index >= 15 is 0 Å². The van der Waals surface area contributed by atoms with E-state index in [1.54, 1.807) is 18.4 Å². The fourth-order valence-corrected chi connectivity index (χ4v) is 2.92. The van der Waals surface area contributed by atoms with Gasteiger partial charge in [-0.1, -0.05) is 13.8 Å². The number of thiophene rings is 1. The van der Waals surface area contributed by atoms with Crippen LogP contribution in [-0.2, 0) is 6.54 Å². The number of nitrogens with zero attached hydrogens (tertiary/aromatic N) is 2. The third kappa shape index (κ3) is 2.98. The molecule has 1 unspecified atom stereocenters. The Morgan fingerprint density at radius 1 is 1.47 bits per heavy atom. The third-order valence-electron chi connectivity index (χ3n) is 3.06. The molecule has 0 saturated carbocycles. The predicted molar refractivity (Wildman–Crippen MR) is 78.9 cm³/mol. The van der Waals surface area contributed by atoms with Gasteiger partial charge >= 0.3 is 0 Å². The van der Waals surface area contributed by atoms with Crippen molar-refractivity contribution in [1.29, 1.82) is 0 Å².